The molecule has 1 atom stereocenters. The van der Waals surface area contributed by atoms with Crippen molar-refractivity contribution in [2.24, 2.45) is 0 Å². The largest absolute Gasteiger partial charge is 0.508 e. The van der Waals surface area contributed by atoms with Crippen molar-refractivity contribution in [3.63, 3.8) is 0 Å². The van der Waals surface area contributed by atoms with Crippen molar-refractivity contribution in [2.75, 3.05) is 14.2 Å². The van der Waals surface area contributed by atoms with Gasteiger partial charge in [-0.1, -0.05) is 45.0 Å². The van der Waals surface area contributed by atoms with Crippen molar-refractivity contribution in [2.45, 2.75) is 45.0 Å². The van der Waals surface area contributed by atoms with E-state index in [1.165, 1.54) is 0 Å². The van der Waals surface area contributed by atoms with Crippen LogP contribution in [-0.2, 0) is 4.43 Å². The molecule has 5 heteroatoms. The number of para-hydroxylation sites is 1. The first-order chi connectivity index (χ1) is 12.1. The number of ether oxygens (including phenoxy) is 2. The van der Waals surface area contributed by atoms with Crippen LogP contribution in [-0.4, -0.2) is 27.6 Å². The van der Waals surface area contributed by atoms with Crippen molar-refractivity contribution in [3.05, 3.63) is 53.6 Å². The Hall–Kier alpha value is -1.98. The summed E-state index contributed by atoms with van der Waals surface area (Å²) >= 11 is 0. The molecule has 0 amide bonds. The monoisotopic (exact) mass is 374 g/mol. The highest BCUT2D eigenvalue weighted by Gasteiger charge is 2.40. The molecule has 0 bridgehead atoms. The fraction of sp³-hybridized carbons (Fsp3) is 0.429. The van der Waals surface area contributed by atoms with Gasteiger partial charge in [0.1, 0.15) is 5.75 Å². The van der Waals surface area contributed by atoms with Crippen LogP contribution in [0, 0.1) is 0 Å². The zero-order valence-corrected chi connectivity index (χ0v) is 17.8. The van der Waals surface area contributed by atoms with E-state index in [1.807, 2.05) is 30.3 Å². The number of hydrogen-bond donors (Lipinski definition) is 1. The van der Waals surface area contributed by atoms with Crippen molar-refractivity contribution in [3.8, 4) is 17.2 Å². The number of aromatic hydroxyl groups is 1. The molecule has 142 valence electrons. The standard InChI is InChI=1S/C21H30O4Si/c1-21(2,3)26(6,7)25-19(15-11-13-16(22)14-12-15)17-9-8-10-18(23-4)20(17)24-5/h8-14,19,22H,1-7H3. The molecule has 0 spiro atoms. The van der Waals surface area contributed by atoms with Gasteiger partial charge in [0.15, 0.2) is 19.8 Å². The number of hydrogen-bond acceptors (Lipinski definition) is 4. The fourth-order valence-electron chi connectivity index (χ4n) is 2.55. The molecule has 4 nitrogen and oxygen atoms in total. The summed E-state index contributed by atoms with van der Waals surface area (Å²) in [7, 11) is 1.20. The van der Waals surface area contributed by atoms with E-state index in [9.17, 15) is 5.11 Å². The van der Waals surface area contributed by atoms with Crippen molar-refractivity contribution in [1.29, 1.82) is 0 Å². The lowest BCUT2D eigenvalue weighted by Crippen LogP contribution is -2.42. The van der Waals surface area contributed by atoms with Gasteiger partial charge in [-0.15, -0.1) is 0 Å². The normalized spacial score (nSPS) is 13.3. The van der Waals surface area contributed by atoms with Gasteiger partial charge in [-0.2, -0.15) is 0 Å². The fourth-order valence-corrected chi connectivity index (χ4v) is 3.76. The maximum Gasteiger partial charge on any atom is 0.193 e. The molecule has 26 heavy (non-hydrogen) atoms. The second-order valence-corrected chi connectivity index (χ2v) is 12.7. The van der Waals surface area contributed by atoms with Gasteiger partial charge in [-0.25, -0.2) is 0 Å². The lowest BCUT2D eigenvalue weighted by Gasteiger charge is -2.39. The van der Waals surface area contributed by atoms with Gasteiger partial charge < -0.3 is 19.0 Å². The van der Waals surface area contributed by atoms with Crippen LogP contribution in [0.5, 0.6) is 17.2 Å². The summed E-state index contributed by atoms with van der Waals surface area (Å²) in [5, 5.41) is 9.74. The molecule has 2 aromatic rings. The van der Waals surface area contributed by atoms with E-state index in [-0.39, 0.29) is 16.9 Å². The molecule has 0 aliphatic heterocycles. The van der Waals surface area contributed by atoms with Crippen LogP contribution in [0.2, 0.25) is 18.1 Å². The average molecular weight is 375 g/mol. The van der Waals surface area contributed by atoms with Gasteiger partial charge in [0.05, 0.1) is 20.3 Å². The summed E-state index contributed by atoms with van der Waals surface area (Å²) in [4.78, 5) is 0. The molecule has 0 saturated heterocycles. The minimum atomic E-state index is -2.07. The predicted octanol–water partition coefficient (Wildman–Crippen LogP) is 5.52. The highest BCUT2D eigenvalue weighted by atomic mass is 28.4. The molecule has 0 aromatic heterocycles. The molecule has 1 unspecified atom stereocenters. The van der Waals surface area contributed by atoms with Gasteiger partial charge in [-0.05, 0) is 41.9 Å². The Labute approximate surface area is 157 Å². The first kappa shape index (κ1) is 20.3. The van der Waals surface area contributed by atoms with E-state index in [0.29, 0.717) is 11.5 Å². The predicted molar refractivity (Wildman–Crippen MR) is 108 cm³/mol. The number of phenolic OH excluding ortho intramolecular Hbond substituents is 1. The minimum absolute atomic E-state index is 0.0638. The van der Waals surface area contributed by atoms with Crippen LogP contribution in [0.3, 0.4) is 0 Å². The lowest BCUT2D eigenvalue weighted by atomic mass is 10.00. The van der Waals surface area contributed by atoms with Crippen LogP contribution in [0.1, 0.15) is 38.0 Å². The second-order valence-electron chi connectivity index (χ2n) is 7.93. The summed E-state index contributed by atoms with van der Waals surface area (Å²) in [5.74, 6) is 1.58. The number of phenols is 1. The minimum Gasteiger partial charge on any atom is -0.508 e. The Morgan fingerprint density at radius 1 is 0.923 bits per heavy atom. The zero-order valence-electron chi connectivity index (χ0n) is 16.8. The average Bonchev–Trinajstić information content (AvgIpc) is 2.58. The van der Waals surface area contributed by atoms with E-state index in [2.05, 4.69) is 33.9 Å². The maximum absolute atomic E-state index is 9.68. The van der Waals surface area contributed by atoms with E-state index in [4.69, 9.17) is 13.9 Å². The molecule has 1 N–H and O–H groups in total. The molecule has 0 heterocycles. The Kier molecular flexibility index (Phi) is 6.04. The molecule has 0 radical (unpaired) electrons. The summed E-state index contributed by atoms with van der Waals surface area (Å²) in [6, 6.07) is 13.0. The number of methoxy groups -OCH3 is 2. The van der Waals surface area contributed by atoms with Crippen molar-refractivity contribution < 1.29 is 19.0 Å². The van der Waals surface area contributed by atoms with Crippen LogP contribution < -0.4 is 9.47 Å². The van der Waals surface area contributed by atoms with Crippen LogP contribution in [0.25, 0.3) is 0 Å². The zero-order chi connectivity index (χ0) is 19.5. The smallest absolute Gasteiger partial charge is 0.193 e. The lowest BCUT2D eigenvalue weighted by molar-refractivity contribution is 0.215. The van der Waals surface area contributed by atoms with E-state index in [1.54, 1.807) is 26.4 Å². The molecule has 0 fully saturated rings. The molecule has 0 aliphatic carbocycles. The van der Waals surface area contributed by atoms with E-state index < -0.39 is 8.32 Å². The molecular formula is C21H30O4Si. The molecule has 2 rings (SSSR count). The topological polar surface area (TPSA) is 47.9 Å². The summed E-state index contributed by atoms with van der Waals surface area (Å²) in [6.07, 6.45) is -0.304. The van der Waals surface area contributed by atoms with Crippen molar-refractivity contribution in [1.82, 2.24) is 0 Å². The SMILES string of the molecule is COc1cccc(C(O[Si](C)(C)C(C)(C)C)c2ccc(O)cc2)c1OC. The van der Waals surface area contributed by atoms with Crippen molar-refractivity contribution >= 4 is 8.32 Å². The quantitative estimate of drug-likeness (QED) is 0.676. The third kappa shape index (κ3) is 4.22. The van der Waals surface area contributed by atoms with Gasteiger partial charge in [0.2, 0.25) is 0 Å². The van der Waals surface area contributed by atoms with E-state index >= 15 is 0 Å². The Balaban J connectivity index is 2.60. The Bertz CT molecular complexity index is 733. The van der Waals surface area contributed by atoms with E-state index in [0.717, 1.165) is 11.1 Å². The van der Waals surface area contributed by atoms with Gasteiger partial charge in [-0.3, -0.25) is 0 Å². The molecule has 0 saturated carbocycles. The second kappa shape index (κ2) is 7.72. The number of benzene rings is 2. The Morgan fingerprint density at radius 2 is 1.54 bits per heavy atom. The van der Waals surface area contributed by atoms with Gasteiger partial charge >= 0.3 is 0 Å². The first-order valence-corrected chi connectivity index (χ1v) is 11.7. The summed E-state index contributed by atoms with van der Waals surface area (Å²) in [6.45, 7) is 11.1. The first-order valence-electron chi connectivity index (χ1n) is 8.78. The maximum atomic E-state index is 9.68. The third-order valence-corrected chi connectivity index (χ3v) is 9.57. The number of rotatable bonds is 6. The van der Waals surface area contributed by atoms with Crippen LogP contribution in [0.4, 0.5) is 0 Å². The highest BCUT2D eigenvalue weighted by Crippen LogP contribution is 2.45. The molecule has 2 aromatic carbocycles. The van der Waals surface area contributed by atoms with Gasteiger partial charge in [0, 0.05) is 5.56 Å². The van der Waals surface area contributed by atoms with Crippen LogP contribution >= 0.6 is 0 Å². The van der Waals surface area contributed by atoms with Crippen LogP contribution in [0.15, 0.2) is 42.5 Å². The van der Waals surface area contributed by atoms with Gasteiger partial charge in [0.25, 0.3) is 0 Å². The molecule has 0 aliphatic rings. The third-order valence-electron chi connectivity index (χ3n) is 5.13. The summed E-state index contributed by atoms with van der Waals surface area (Å²) < 4.78 is 17.9. The Morgan fingerprint density at radius 3 is 2.04 bits per heavy atom. The molecular weight excluding hydrogens is 344 g/mol. The highest BCUT2D eigenvalue weighted by molar-refractivity contribution is 6.74. The summed E-state index contributed by atoms with van der Waals surface area (Å²) in [5.41, 5.74) is 1.89.